The summed E-state index contributed by atoms with van der Waals surface area (Å²) in [7, 11) is 0. The van der Waals surface area contributed by atoms with Gasteiger partial charge in [-0.25, -0.2) is 14.8 Å². The van der Waals surface area contributed by atoms with Crippen LogP contribution in [0.25, 0.3) is 0 Å². The fourth-order valence-electron chi connectivity index (χ4n) is 3.62. The van der Waals surface area contributed by atoms with E-state index in [4.69, 9.17) is 9.15 Å². The number of amides is 2. The van der Waals surface area contributed by atoms with E-state index in [-0.39, 0.29) is 5.91 Å². The fraction of sp³-hybridized carbons (Fsp3) is 0.308. The van der Waals surface area contributed by atoms with E-state index >= 15 is 0 Å². The number of carbonyl (C=O) groups is 2. The first-order valence-electron chi connectivity index (χ1n) is 11.1. The summed E-state index contributed by atoms with van der Waals surface area (Å²) in [5, 5.41) is 8.85. The van der Waals surface area contributed by atoms with E-state index < -0.39 is 17.7 Å². The molecule has 0 saturated heterocycles. The van der Waals surface area contributed by atoms with Crippen molar-refractivity contribution in [1.82, 2.24) is 9.99 Å². The van der Waals surface area contributed by atoms with E-state index in [1.165, 1.54) is 5.01 Å². The number of rotatable bonds is 4. The highest BCUT2D eigenvalue weighted by Gasteiger charge is 2.36. The fourth-order valence-corrected chi connectivity index (χ4v) is 3.62. The zero-order chi connectivity index (χ0) is 24.5. The van der Waals surface area contributed by atoms with Crippen LogP contribution in [0.5, 0.6) is 0 Å². The Hall–Kier alpha value is -3.94. The summed E-state index contributed by atoms with van der Waals surface area (Å²) < 4.78 is 11.0. The quantitative estimate of drug-likeness (QED) is 0.544. The zero-order valence-electron chi connectivity index (χ0n) is 20.0. The lowest BCUT2D eigenvalue weighted by Gasteiger charge is -2.19. The lowest BCUT2D eigenvalue weighted by Crippen LogP contribution is -2.27. The van der Waals surface area contributed by atoms with Crippen molar-refractivity contribution >= 4 is 23.4 Å². The Labute approximate surface area is 198 Å². The van der Waals surface area contributed by atoms with Crippen molar-refractivity contribution in [2.75, 3.05) is 5.32 Å². The van der Waals surface area contributed by atoms with Gasteiger partial charge in [0.1, 0.15) is 17.4 Å². The van der Waals surface area contributed by atoms with Crippen molar-refractivity contribution in [3.8, 4) is 0 Å². The lowest BCUT2D eigenvalue weighted by atomic mass is 10.0. The molecule has 8 heteroatoms. The van der Waals surface area contributed by atoms with Crippen LogP contribution >= 0.6 is 0 Å². The van der Waals surface area contributed by atoms with Crippen LogP contribution in [0.1, 0.15) is 66.4 Å². The second kappa shape index (κ2) is 9.13. The smallest absolute Gasteiger partial charge is 0.412 e. The maximum atomic E-state index is 13.3. The first-order valence-corrected chi connectivity index (χ1v) is 11.1. The van der Waals surface area contributed by atoms with Crippen molar-refractivity contribution in [3.63, 3.8) is 0 Å². The number of benzene rings is 2. The van der Waals surface area contributed by atoms with Gasteiger partial charge in [0.2, 0.25) is 0 Å². The van der Waals surface area contributed by atoms with Crippen molar-refractivity contribution < 1.29 is 18.7 Å². The van der Waals surface area contributed by atoms with E-state index in [1.807, 2.05) is 52.0 Å². The van der Waals surface area contributed by atoms with Gasteiger partial charge in [0.15, 0.2) is 5.89 Å². The van der Waals surface area contributed by atoms with Crippen LogP contribution in [-0.2, 0) is 4.74 Å². The predicted octanol–water partition coefficient (Wildman–Crippen LogP) is 5.63. The number of carbonyl (C=O) groups excluding carboxylic acids is 2. The number of nitrogens with zero attached hydrogens (tertiary/aromatic N) is 3. The number of nitrogens with one attached hydrogen (secondary N) is 1. The van der Waals surface area contributed by atoms with Crippen molar-refractivity contribution in [3.05, 3.63) is 83.1 Å². The van der Waals surface area contributed by atoms with Gasteiger partial charge in [0.25, 0.3) is 5.91 Å². The first kappa shape index (κ1) is 23.2. The molecule has 3 aromatic rings. The zero-order valence-corrected chi connectivity index (χ0v) is 20.0. The number of aromatic nitrogens is 1. The molecular formula is C26H28N4O4. The third-order valence-electron chi connectivity index (χ3n) is 5.25. The number of anilines is 1. The second-order valence-corrected chi connectivity index (χ2v) is 9.27. The molecule has 0 spiro atoms. The second-order valence-electron chi connectivity index (χ2n) is 9.27. The van der Waals surface area contributed by atoms with Gasteiger partial charge < -0.3 is 9.15 Å². The molecule has 1 aromatic heterocycles. The van der Waals surface area contributed by atoms with Crippen LogP contribution in [0.15, 0.2) is 64.2 Å². The Balaban J connectivity index is 1.57. The maximum Gasteiger partial charge on any atom is 0.412 e. The summed E-state index contributed by atoms with van der Waals surface area (Å²) in [4.78, 5) is 29.5. The summed E-state index contributed by atoms with van der Waals surface area (Å²) in [6, 6.07) is 14.3. The number of hydrogen-bond acceptors (Lipinski definition) is 6. The average Bonchev–Trinajstić information content (AvgIpc) is 3.39. The van der Waals surface area contributed by atoms with Gasteiger partial charge in [-0.1, -0.05) is 29.8 Å². The van der Waals surface area contributed by atoms with Crippen LogP contribution in [0.2, 0.25) is 0 Å². The largest absolute Gasteiger partial charge is 0.444 e. The van der Waals surface area contributed by atoms with Crippen LogP contribution < -0.4 is 5.32 Å². The third-order valence-corrected chi connectivity index (χ3v) is 5.25. The van der Waals surface area contributed by atoms with Gasteiger partial charge in [-0.05, 0) is 57.5 Å². The normalized spacial score (nSPS) is 15.7. The highest BCUT2D eigenvalue weighted by atomic mass is 16.6. The molecule has 34 heavy (non-hydrogen) atoms. The SMILES string of the molecule is Cc1ccc(C(=O)N2N=C(c3ccc(NC(=O)OC(C)(C)C)cc3)CC2c2cnc(C)o2)cc1. The molecule has 4 rings (SSSR count). The van der Waals surface area contributed by atoms with Crippen LogP contribution in [0, 0.1) is 13.8 Å². The Kier molecular flexibility index (Phi) is 6.24. The summed E-state index contributed by atoms with van der Waals surface area (Å²) in [5.74, 6) is 0.904. The molecule has 2 heterocycles. The molecule has 1 unspecified atom stereocenters. The molecule has 2 aromatic carbocycles. The number of ether oxygens (including phenoxy) is 1. The van der Waals surface area contributed by atoms with Gasteiger partial charge in [0, 0.05) is 24.6 Å². The molecule has 176 valence electrons. The Morgan fingerprint density at radius 2 is 1.74 bits per heavy atom. The minimum atomic E-state index is -0.579. The minimum Gasteiger partial charge on any atom is -0.444 e. The van der Waals surface area contributed by atoms with Crippen LogP contribution in [0.4, 0.5) is 10.5 Å². The molecule has 1 aliphatic heterocycles. The van der Waals surface area contributed by atoms with E-state index in [0.717, 1.165) is 16.8 Å². The van der Waals surface area contributed by atoms with Gasteiger partial charge in [0.05, 0.1) is 11.9 Å². The molecule has 0 fully saturated rings. The minimum absolute atomic E-state index is 0.211. The lowest BCUT2D eigenvalue weighted by molar-refractivity contribution is 0.0634. The van der Waals surface area contributed by atoms with Crippen molar-refractivity contribution in [2.45, 2.75) is 52.7 Å². The van der Waals surface area contributed by atoms with Crippen molar-refractivity contribution in [2.24, 2.45) is 5.10 Å². The molecular weight excluding hydrogens is 432 g/mol. The van der Waals surface area contributed by atoms with E-state index in [0.29, 0.717) is 29.3 Å². The molecule has 0 saturated carbocycles. The van der Waals surface area contributed by atoms with Gasteiger partial charge in [-0.2, -0.15) is 5.10 Å². The topological polar surface area (TPSA) is 97.0 Å². The molecule has 1 aliphatic rings. The molecule has 2 amide bonds. The molecule has 0 bridgehead atoms. The monoisotopic (exact) mass is 460 g/mol. The third kappa shape index (κ3) is 5.33. The highest BCUT2D eigenvalue weighted by molar-refractivity contribution is 6.05. The van der Waals surface area contributed by atoms with E-state index in [9.17, 15) is 9.59 Å². The number of hydrazone groups is 1. The van der Waals surface area contributed by atoms with Crippen molar-refractivity contribution in [1.29, 1.82) is 0 Å². The Morgan fingerprint density at radius 3 is 2.32 bits per heavy atom. The van der Waals surface area contributed by atoms with E-state index in [1.54, 1.807) is 37.4 Å². The van der Waals surface area contributed by atoms with Gasteiger partial charge in [-0.15, -0.1) is 0 Å². The number of aryl methyl sites for hydroxylation is 2. The van der Waals surface area contributed by atoms with Gasteiger partial charge in [-0.3, -0.25) is 10.1 Å². The Bertz CT molecular complexity index is 1220. The molecule has 0 radical (unpaired) electrons. The van der Waals surface area contributed by atoms with Crippen LogP contribution in [0.3, 0.4) is 0 Å². The predicted molar refractivity (Wildman–Crippen MR) is 129 cm³/mol. The van der Waals surface area contributed by atoms with Crippen LogP contribution in [-0.4, -0.2) is 33.3 Å². The molecule has 1 atom stereocenters. The average molecular weight is 461 g/mol. The Morgan fingerprint density at radius 1 is 1.06 bits per heavy atom. The standard InChI is InChI=1S/C26H28N4O4/c1-16-6-8-19(9-7-16)24(31)30-22(23-15-27-17(2)33-23)14-21(29-30)18-10-12-20(13-11-18)28-25(32)34-26(3,4)5/h6-13,15,22H,14H2,1-5H3,(H,28,32). The molecule has 8 nitrogen and oxygen atoms in total. The molecule has 1 N–H and O–H groups in total. The highest BCUT2D eigenvalue weighted by Crippen LogP contribution is 2.34. The number of oxazole rings is 1. The maximum absolute atomic E-state index is 13.3. The van der Waals surface area contributed by atoms with E-state index in [2.05, 4.69) is 15.4 Å². The summed E-state index contributed by atoms with van der Waals surface area (Å²) in [5.41, 5.74) is 3.23. The first-order chi connectivity index (χ1) is 16.1. The summed E-state index contributed by atoms with van der Waals surface area (Å²) >= 11 is 0. The molecule has 0 aliphatic carbocycles. The van der Waals surface area contributed by atoms with Gasteiger partial charge >= 0.3 is 6.09 Å². The number of hydrogen-bond donors (Lipinski definition) is 1. The summed E-state index contributed by atoms with van der Waals surface area (Å²) in [6.45, 7) is 9.17. The summed E-state index contributed by atoms with van der Waals surface area (Å²) in [6.07, 6.45) is 1.60.